The van der Waals surface area contributed by atoms with Gasteiger partial charge in [0.15, 0.2) is 0 Å². The van der Waals surface area contributed by atoms with Crippen molar-refractivity contribution in [2.75, 3.05) is 11.9 Å². The Balaban J connectivity index is 1.75. The van der Waals surface area contributed by atoms with Crippen LogP contribution in [0, 0.1) is 5.82 Å². The molecule has 1 aromatic rings. The van der Waals surface area contributed by atoms with E-state index in [0.29, 0.717) is 12.1 Å². The van der Waals surface area contributed by atoms with Crippen LogP contribution >= 0.6 is 0 Å². The van der Waals surface area contributed by atoms with Crippen LogP contribution < -0.4 is 10.6 Å². The predicted octanol–water partition coefficient (Wildman–Crippen LogP) is 1.91. The van der Waals surface area contributed by atoms with Gasteiger partial charge >= 0.3 is 0 Å². The third kappa shape index (κ3) is 1.97. The Hall–Kier alpha value is -1.09. The fourth-order valence-electron chi connectivity index (χ4n) is 2.18. The molecule has 80 valence electrons. The van der Waals surface area contributed by atoms with E-state index in [1.165, 1.54) is 18.9 Å². The molecular weight excluding hydrogens is 191 g/mol. The van der Waals surface area contributed by atoms with Gasteiger partial charge in [-0.1, -0.05) is 0 Å². The van der Waals surface area contributed by atoms with E-state index in [0.717, 1.165) is 24.2 Å². The molecule has 0 radical (unpaired) electrons. The molecule has 0 spiro atoms. The lowest BCUT2D eigenvalue weighted by atomic mass is 9.99. The van der Waals surface area contributed by atoms with E-state index in [-0.39, 0.29) is 5.82 Å². The Morgan fingerprint density at radius 2 is 2.13 bits per heavy atom. The molecule has 1 aliphatic heterocycles. The van der Waals surface area contributed by atoms with Gasteiger partial charge in [0, 0.05) is 24.3 Å². The smallest absolute Gasteiger partial charge is 0.123 e. The van der Waals surface area contributed by atoms with Gasteiger partial charge in [-0.15, -0.1) is 0 Å². The minimum absolute atomic E-state index is 0.136. The lowest BCUT2D eigenvalue weighted by Gasteiger charge is -2.27. The van der Waals surface area contributed by atoms with Crippen LogP contribution in [0.2, 0.25) is 0 Å². The van der Waals surface area contributed by atoms with Crippen molar-refractivity contribution in [3.05, 3.63) is 29.6 Å². The summed E-state index contributed by atoms with van der Waals surface area (Å²) in [6.45, 7) is 0.954. The molecule has 1 atom stereocenters. The Morgan fingerprint density at radius 1 is 1.27 bits per heavy atom. The summed E-state index contributed by atoms with van der Waals surface area (Å²) in [5, 5.41) is 6.91. The number of hydrogen-bond acceptors (Lipinski definition) is 2. The van der Waals surface area contributed by atoms with Crippen molar-refractivity contribution in [2.24, 2.45) is 0 Å². The molecule has 1 unspecified atom stereocenters. The lowest BCUT2D eigenvalue weighted by molar-refractivity contribution is 0.512. The topological polar surface area (TPSA) is 24.1 Å². The van der Waals surface area contributed by atoms with E-state index in [1.807, 2.05) is 6.07 Å². The van der Waals surface area contributed by atoms with E-state index < -0.39 is 0 Å². The first-order valence-electron chi connectivity index (χ1n) is 5.59. The fourth-order valence-corrected chi connectivity index (χ4v) is 2.18. The number of nitrogens with one attached hydrogen (secondary N) is 2. The quantitative estimate of drug-likeness (QED) is 0.772. The van der Waals surface area contributed by atoms with Crippen LogP contribution in [-0.2, 0) is 6.42 Å². The zero-order chi connectivity index (χ0) is 10.3. The number of fused-ring (bicyclic) bond motifs is 1. The van der Waals surface area contributed by atoms with Crippen molar-refractivity contribution in [1.82, 2.24) is 5.32 Å². The molecule has 2 nitrogen and oxygen atoms in total. The van der Waals surface area contributed by atoms with Gasteiger partial charge in [0.05, 0.1) is 0 Å². The largest absolute Gasteiger partial charge is 0.383 e. The summed E-state index contributed by atoms with van der Waals surface area (Å²) in [5.41, 5.74) is 2.18. The van der Waals surface area contributed by atoms with Crippen LogP contribution in [0.3, 0.4) is 0 Å². The molecule has 0 amide bonds. The lowest BCUT2D eigenvalue weighted by Crippen LogP contribution is -2.41. The second-order valence-electron chi connectivity index (χ2n) is 4.52. The maximum Gasteiger partial charge on any atom is 0.123 e. The maximum absolute atomic E-state index is 13.0. The monoisotopic (exact) mass is 206 g/mol. The third-order valence-corrected chi connectivity index (χ3v) is 3.12. The normalized spacial score (nSPS) is 24.5. The van der Waals surface area contributed by atoms with Crippen molar-refractivity contribution in [2.45, 2.75) is 31.3 Å². The highest BCUT2D eigenvalue weighted by Crippen LogP contribution is 2.25. The van der Waals surface area contributed by atoms with Crippen molar-refractivity contribution in [3.63, 3.8) is 0 Å². The summed E-state index contributed by atoms with van der Waals surface area (Å²) in [4.78, 5) is 0. The number of anilines is 1. The molecule has 2 aliphatic rings. The summed E-state index contributed by atoms with van der Waals surface area (Å²) in [6, 6.07) is 6.17. The summed E-state index contributed by atoms with van der Waals surface area (Å²) < 4.78 is 13.0. The summed E-state index contributed by atoms with van der Waals surface area (Å²) in [7, 11) is 0. The first kappa shape index (κ1) is 9.16. The molecule has 0 bridgehead atoms. The minimum Gasteiger partial charge on any atom is -0.383 e. The van der Waals surface area contributed by atoms with Gasteiger partial charge in [0.25, 0.3) is 0 Å². The second kappa shape index (κ2) is 3.49. The van der Waals surface area contributed by atoms with Crippen molar-refractivity contribution >= 4 is 5.69 Å². The van der Waals surface area contributed by atoms with E-state index in [2.05, 4.69) is 10.6 Å². The SMILES string of the molecule is Fc1ccc2c(c1)CC(NC1CC1)CN2. The van der Waals surface area contributed by atoms with Crippen LogP contribution in [0.4, 0.5) is 10.1 Å². The van der Waals surface area contributed by atoms with E-state index in [4.69, 9.17) is 0 Å². The summed E-state index contributed by atoms with van der Waals surface area (Å²) in [5.74, 6) is -0.136. The molecule has 1 aromatic carbocycles. The predicted molar refractivity (Wildman–Crippen MR) is 58.5 cm³/mol. The molecule has 1 aliphatic carbocycles. The molecule has 0 aromatic heterocycles. The Bertz CT molecular complexity index is 374. The minimum atomic E-state index is -0.136. The Labute approximate surface area is 88.9 Å². The van der Waals surface area contributed by atoms with Gasteiger partial charge < -0.3 is 10.6 Å². The highest BCUT2D eigenvalue weighted by atomic mass is 19.1. The van der Waals surface area contributed by atoms with Gasteiger partial charge in [-0.05, 0) is 43.0 Å². The van der Waals surface area contributed by atoms with E-state index >= 15 is 0 Å². The molecule has 3 rings (SSSR count). The molecular formula is C12H15FN2. The average Bonchev–Trinajstić information content (AvgIpc) is 3.01. The molecule has 1 fully saturated rings. The zero-order valence-electron chi connectivity index (χ0n) is 8.59. The fraction of sp³-hybridized carbons (Fsp3) is 0.500. The third-order valence-electron chi connectivity index (χ3n) is 3.12. The molecule has 1 heterocycles. The van der Waals surface area contributed by atoms with E-state index in [9.17, 15) is 4.39 Å². The van der Waals surface area contributed by atoms with Crippen molar-refractivity contribution in [1.29, 1.82) is 0 Å². The van der Waals surface area contributed by atoms with Gasteiger partial charge in [-0.2, -0.15) is 0 Å². The molecule has 0 saturated heterocycles. The summed E-state index contributed by atoms with van der Waals surface area (Å²) in [6.07, 6.45) is 3.54. The molecule has 2 N–H and O–H groups in total. The zero-order valence-corrected chi connectivity index (χ0v) is 8.59. The van der Waals surface area contributed by atoms with Gasteiger partial charge in [0.2, 0.25) is 0 Å². The first-order chi connectivity index (χ1) is 7.31. The molecule has 1 saturated carbocycles. The maximum atomic E-state index is 13.0. The Morgan fingerprint density at radius 3 is 2.93 bits per heavy atom. The highest BCUT2D eigenvalue weighted by molar-refractivity contribution is 5.53. The Kier molecular flexibility index (Phi) is 2.13. The summed E-state index contributed by atoms with van der Waals surface area (Å²) >= 11 is 0. The van der Waals surface area contributed by atoms with Gasteiger partial charge in [-0.25, -0.2) is 4.39 Å². The van der Waals surface area contributed by atoms with Crippen molar-refractivity contribution in [3.8, 4) is 0 Å². The first-order valence-corrected chi connectivity index (χ1v) is 5.59. The molecule has 3 heteroatoms. The van der Waals surface area contributed by atoms with E-state index in [1.54, 1.807) is 6.07 Å². The van der Waals surface area contributed by atoms with Crippen molar-refractivity contribution < 1.29 is 4.39 Å². The van der Waals surface area contributed by atoms with Gasteiger partial charge in [0.1, 0.15) is 5.82 Å². The number of benzene rings is 1. The number of hydrogen-bond donors (Lipinski definition) is 2. The number of rotatable bonds is 2. The average molecular weight is 206 g/mol. The number of halogens is 1. The van der Waals surface area contributed by atoms with Crippen LogP contribution in [-0.4, -0.2) is 18.6 Å². The van der Waals surface area contributed by atoms with Crippen LogP contribution in [0.25, 0.3) is 0 Å². The van der Waals surface area contributed by atoms with Crippen LogP contribution in [0.1, 0.15) is 18.4 Å². The van der Waals surface area contributed by atoms with Gasteiger partial charge in [-0.3, -0.25) is 0 Å². The molecule has 15 heavy (non-hydrogen) atoms. The second-order valence-corrected chi connectivity index (χ2v) is 4.52. The van der Waals surface area contributed by atoms with Crippen LogP contribution in [0.15, 0.2) is 18.2 Å². The highest BCUT2D eigenvalue weighted by Gasteiger charge is 2.26. The standard InChI is InChI=1S/C12H15FN2/c13-9-1-4-12-8(5-9)6-11(7-14-12)15-10-2-3-10/h1,4-5,10-11,14-15H,2-3,6-7H2. The van der Waals surface area contributed by atoms with Crippen LogP contribution in [0.5, 0.6) is 0 Å².